The largest absolute Gasteiger partial charge is 0.421 e. The number of carbonyl (C=O) groups excluding carboxylic acids is 2. The first kappa shape index (κ1) is 31.2. The first-order valence-electron chi connectivity index (χ1n) is 15.2. The molecule has 0 spiro atoms. The van der Waals surface area contributed by atoms with Crippen LogP contribution in [-0.4, -0.2) is 38.4 Å². The standard InChI is InChI=1S/C26H23F2N5O3S.C9H10/c1-3-10-33-12-18-22(26(33)35)23(19-8-9-20(37-19)24(29)34)21(25-32-31-13(2)36-25)17(30-18)11-16(28)14-4-6-15(27)7-5-14;1-2-5-9-7-3-6-8(9)4-1/h4-9,16H,3,10-12H2,1-2H3,(H2,29,34);1-2,4-5H,3,6-7H2. The van der Waals surface area contributed by atoms with Gasteiger partial charge in [0.05, 0.1) is 33.9 Å². The van der Waals surface area contributed by atoms with Gasteiger partial charge in [-0.2, -0.15) is 0 Å². The van der Waals surface area contributed by atoms with Crippen molar-refractivity contribution in [1.82, 2.24) is 20.1 Å². The molecule has 2 aliphatic rings. The molecule has 0 saturated carbocycles. The Hall–Kier alpha value is -4.77. The molecule has 0 fully saturated rings. The molecule has 1 aliphatic carbocycles. The number of hydrogen-bond donors (Lipinski definition) is 1. The highest BCUT2D eigenvalue weighted by Gasteiger charge is 2.37. The molecule has 2 N–H and O–H groups in total. The van der Waals surface area contributed by atoms with Gasteiger partial charge < -0.3 is 15.1 Å². The van der Waals surface area contributed by atoms with Crippen molar-refractivity contribution < 1.29 is 22.8 Å². The van der Waals surface area contributed by atoms with E-state index < -0.39 is 17.9 Å². The molecule has 1 unspecified atom stereocenters. The van der Waals surface area contributed by atoms with Crippen molar-refractivity contribution in [3.8, 4) is 21.9 Å². The van der Waals surface area contributed by atoms with Gasteiger partial charge in [0, 0.05) is 30.3 Å². The van der Waals surface area contributed by atoms with Crippen LogP contribution in [0.1, 0.15) is 79.9 Å². The molecule has 8 nitrogen and oxygen atoms in total. The molecule has 2 aromatic carbocycles. The summed E-state index contributed by atoms with van der Waals surface area (Å²) in [5, 5.41) is 8.09. The second-order valence-corrected chi connectivity index (χ2v) is 12.4. The van der Waals surface area contributed by atoms with Crippen LogP contribution in [0.5, 0.6) is 0 Å². The molecule has 0 saturated heterocycles. The summed E-state index contributed by atoms with van der Waals surface area (Å²) in [6.07, 6.45) is 3.01. The van der Waals surface area contributed by atoms with Crippen molar-refractivity contribution in [2.45, 2.75) is 58.7 Å². The molecule has 0 bridgehead atoms. The fourth-order valence-electron chi connectivity index (χ4n) is 5.99. The number of benzene rings is 2. The monoisotopic (exact) mass is 641 g/mol. The highest BCUT2D eigenvalue weighted by atomic mass is 32.1. The third-order valence-corrected chi connectivity index (χ3v) is 9.25. The van der Waals surface area contributed by atoms with Crippen molar-refractivity contribution in [3.05, 3.63) is 111 Å². The molecule has 3 aromatic heterocycles. The van der Waals surface area contributed by atoms with E-state index in [0.717, 1.165) is 17.8 Å². The van der Waals surface area contributed by atoms with E-state index in [1.165, 1.54) is 43.5 Å². The Kier molecular flexibility index (Phi) is 9.03. The van der Waals surface area contributed by atoms with Crippen LogP contribution in [0, 0.1) is 12.7 Å². The highest BCUT2D eigenvalue weighted by Crippen LogP contribution is 2.44. The molecule has 0 radical (unpaired) electrons. The van der Waals surface area contributed by atoms with Crippen LogP contribution in [0.2, 0.25) is 0 Å². The van der Waals surface area contributed by atoms with Gasteiger partial charge in [0.2, 0.25) is 11.8 Å². The topological polar surface area (TPSA) is 115 Å². The van der Waals surface area contributed by atoms with Gasteiger partial charge in [-0.1, -0.05) is 43.3 Å². The molecular weight excluding hydrogens is 608 g/mol. The molecule has 46 heavy (non-hydrogen) atoms. The molecule has 236 valence electrons. The van der Waals surface area contributed by atoms with Gasteiger partial charge in [-0.25, -0.2) is 8.78 Å². The van der Waals surface area contributed by atoms with Gasteiger partial charge in [0.15, 0.2) is 0 Å². The number of pyridine rings is 1. The lowest BCUT2D eigenvalue weighted by molar-refractivity contribution is 0.0778. The van der Waals surface area contributed by atoms with Crippen molar-refractivity contribution in [1.29, 1.82) is 0 Å². The average Bonchev–Trinajstić information content (AvgIpc) is 3.85. The van der Waals surface area contributed by atoms with Gasteiger partial charge in [-0.05, 0) is 66.6 Å². The Morgan fingerprint density at radius 1 is 1.02 bits per heavy atom. The zero-order chi connectivity index (χ0) is 32.4. The highest BCUT2D eigenvalue weighted by molar-refractivity contribution is 7.17. The lowest BCUT2D eigenvalue weighted by atomic mass is 9.94. The maximum absolute atomic E-state index is 15.6. The lowest BCUT2D eigenvalue weighted by Crippen LogP contribution is -2.24. The van der Waals surface area contributed by atoms with E-state index in [4.69, 9.17) is 15.1 Å². The van der Waals surface area contributed by atoms with Crippen LogP contribution in [-0.2, 0) is 25.8 Å². The molecule has 1 aliphatic heterocycles. The number of halogens is 2. The Labute approximate surface area is 269 Å². The SMILES string of the molecule is CCCN1Cc2nc(CC(F)c3ccc(F)cc3)c(-c3nnc(C)o3)c(-c3ccc(C(N)=O)s3)c2C1=O.c1ccc2c(c1)CCC2. The third-order valence-electron chi connectivity index (χ3n) is 8.13. The third kappa shape index (κ3) is 6.32. The van der Waals surface area contributed by atoms with Gasteiger partial charge in [-0.15, -0.1) is 21.5 Å². The lowest BCUT2D eigenvalue weighted by Gasteiger charge is -2.16. The number of rotatable bonds is 8. The number of nitrogens with two attached hydrogens (primary N) is 1. The molecule has 7 rings (SSSR count). The van der Waals surface area contributed by atoms with Gasteiger partial charge in [0.1, 0.15) is 12.0 Å². The van der Waals surface area contributed by atoms with Crippen molar-refractivity contribution in [2.75, 3.05) is 6.54 Å². The predicted molar refractivity (Wildman–Crippen MR) is 172 cm³/mol. The number of primary amides is 1. The maximum Gasteiger partial charge on any atom is 0.258 e. The summed E-state index contributed by atoms with van der Waals surface area (Å²) in [6, 6.07) is 17.2. The van der Waals surface area contributed by atoms with Crippen LogP contribution in [0.4, 0.5) is 8.78 Å². The smallest absolute Gasteiger partial charge is 0.258 e. The predicted octanol–water partition coefficient (Wildman–Crippen LogP) is 7.20. The number of hydrogen-bond acceptors (Lipinski definition) is 7. The number of thiophene rings is 1. The number of carbonyl (C=O) groups is 2. The number of fused-ring (bicyclic) bond motifs is 2. The number of amides is 2. The summed E-state index contributed by atoms with van der Waals surface area (Å²) in [6.45, 7) is 4.39. The zero-order valence-electron chi connectivity index (χ0n) is 25.6. The molecule has 11 heteroatoms. The normalized spacial score (nSPS) is 14.1. The van der Waals surface area contributed by atoms with E-state index in [9.17, 15) is 14.0 Å². The summed E-state index contributed by atoms with van der Waals surface area (Å²) in [4.78, 5) is 32.7. The quantitative estimate of drug-likeness (QED) is 0.192. The van der Waals surface area contributed by atoms with E-state index in [1.54, 1.807) is 35.1 Å². The number of aromatic nitrogens is 3. The minimum atomic E-state index is -1.52. The second kappa shape index (κ2) is 13.3. The Balaban J connectivity index is 0.000000352. The Bertz CT molecular complexity index is 1880. The summed E-state index contributed by atoms with van der Waals surface area (Å²) in [7, 11) is 0. The van der Waals surface area contributed by atoms with Gasteiger partial charge in [-0.3, -0.25) is 14.6 Å². The Morgan fingerprint density at radius 3 is 2.35 bits per heavy atom. The summed E-state index contributed by atoms with van der Waals surface area (Å²) >= 11 is 1.12. The molecule has 5 aromatic rings. The van der Waals surface area contributed by atoms with E-state index in [2.05, 4.69) is 34.5 Å². The zero-order valence-corrected chi connectivity index (χ0v) is 26.4. The number of aryl methyl sites for hydroxylation is 3. The molecule has 1 atom stereocenters. The first-order chi connectivity index (χ1) is 22.2. The van der Waals surface area contributed by atoms with Crippen LogP contribution >= 0.6 is 11.3 Å². The van der Waals surface area contributed by atoms with Crippen molar-refractivity contribution >= 4 is 23.2 Å². The minimum Gasteiger partial charge on any atom is -0.421 e. The van der Waals surface area contributed by atoms with Crippen LogP contribution < -0.4 is 5.73 Å². The van der Waals surface area contributed by atoms with Crippen molar-refractivity contribution in [2.24, 2.45) is 5.73 Å². The fourth-order valence-corrected chi connectivity index (χ4v) is 6.91. The molecule has 2 amide bonds. The summed E-state index contributed by atoms with van der Waals surface area (Å²) < 4.78 is 34.7. The van der Waals surface area contributed by atoms with E-state index in [1.807, 2.05) is 6.92 Å². The minimum absolute atomic E-state index is 0.0832. The summed E-state index contributed by atoms with van der Waals surface area (Å²) in [5.74, 6) is -0.914. The first-order valence-corrected chi connectivity index (χ1v) is 16.1. The second-order valence-electron chi connectivity index (χ2n) is 11.4. The fraction of sp³-hybridized carbons (Fsp3) is 0.286. The van der Waals surface area contributed by atoms with E-state index in [-0.39, 0.29) is 36.2 Å². The van der Waals surface area contributed by atoms with Crippen LogP contribution in [0.3, 0.4) is 0 Å². The summed E-state index contributed by atoms with van der Waals surface area (Å²) in [5.41, 5.74) is 10.9. The van der Waals surface area contributed by atoms with Gasteiger partial charge in [0.25, 0.3) is 11.8 Å². The Morgan fingerprint density at radius 2 is 1.74 bits per heavy atom. The van der Waals surface area contributed by atoms with Gasteiger partial charge >= 0.3 is 0 Å². The number of nitrogens with zero attached hydrogens (tertiary/aromatic N) is 4. The molecular formula is C35H33F2N5O3S. The molecule has 4 heterocycles. The van der Waals surface area contributed by atoms with Crippen LogP contribution in [0.25, 0.3) is 21.9 Å². The van der Waals surface area contributed by atoms with E-state index >= 15 is 4.39 Å². The number of alkyl halides is 1. The van der Waals surface area contributed by atoms with Crippen LogP contribution in [0.15, 0.2) is 65.1 Å². The average molecular weight is 642 g/mol. The maximum atomic E-state index is 15.6. The van der Waals surface area contributed by atoms with Crippen molar-refractivity contribution in [3.63, 3.8) is 0 Å². The van der Waals surface area contributed by atoms with E-state index in [0.29, 0.717) is 44.4 Å².